The summed E-state index contributed by atoms with van der Waals surface area (Å²) >= 11 is 1.35. The molecule has 6 heteroatoms. The Kier molecular flexibility index (Phi) is 4.09. The number of thiophene rings is 1. The van der Waals surface area contributed by atoms with Crippen LogP contribution in [0.1, 0.15) is 36.8 Å². The number of carboxylic acid groups (broad SMARTS) is 1. The van der Waals surface area contributed by atoms with Crippen LogP contribution < -0.4 is 0 Å². The van der Waals surface area contributed by atoms with Crippen LogP contribution in [0.2, 0.25) is 0 Å². The first-order valence-corrected chi connectivity index (χ1v) is 7.00. The molecule has 0 saturated heterocycles. The van der Waals surface area contributed by atoms with Crippen LogP contribution in [0.5, 0.6) is 0 Å². The second kappa shape index (κ2) is 5.52. The number of benzene rings is 1. The van der Waals surface area contributed by atoms with Gasteiger partial charge in [-0.3, -0.25) is 0 Å². The highest BCUT2D eigenvalue weighted by molar-refractivity contribution is 7.12. The van der Waals surface area contributed by atoms with Crippen LogP contribution >= 0.6 is 11.3 Å². The number of alkyl halides is 3. The smallest absolute Gasteiger partial charge is 0.416 e. The van der Waals surface area contributed by atoms with E-state index in [-0.39, 0.29) is 12.0 Å². The SMILES string of the molecule is Cc1sc(C)c(C(=O)O)c1Cc1cccc(C(F)(F)F)c1. The Bertz CT molecular complexity index is 687. The van der Waals surface area contributed by atoms with E-state index in [1.807, 2.05) is 0 Å². The van der Waals surface area contributed by atoms with E-state index in [4.69, 9.17) is 0 Å². The summed E-state index contributed by atoms with van der Waals surface area (Å²) in [6, 6.07) is 4.99. The Hall–Kier alpha value is -1.82. The number of hydrogen-bond donors (Lipinski definition) is 1. The van der Waals surface area contributed by atoms with Gasteiger partial charge in [0.25, 0.3) is 0 Å². The van der Waals surface area contributed by atoms with E-state index in [1.54, 1.807) is 19.9 Å². The average Bonchev–Trinajstić information content (AvgIpc) is 2.63. The fourth-order valence-corrected chi connectivity index (χ4v) is 3.35. The predicted octanol–water partition coefficient (Wildman–Crippen LogP) is 4.67. The number of aryl methyl sites for hydroxylation is 2. The molecule has 1 N–H and O–H groups in total. The van der Waals surface area contributed by atoms with Gasteiger partial charge in [0.2, 0.25) is 0 Å². The van der Waals surface area contributed by atoms with E-state index in [1.165, 1.54) is 17.4 Å². The fourth-order valence-electron chi connectivity index (χ4n) is 2.29. The standard InChI is InChI=1S/C15H13F3O2S/c1-8-12(13(14(19)20)9(2)21-8)7-10-4-3-5-11(6-10)15(16,17)18/h3-6H,7H2,1-2H3,(H,19,20). The van der Waals surface area contributed by atoms with Gasteiger partial charge in [0.15, 0.2) is 0 Å². The average molecular weight is 314 g/mol. The molecule has 0 bridgehead atoms. The zero-order valence-corrected chi connectivity index (χ0v) is 12.2. The van der Waals surface area contributed by atoms with Crippen molar-refractivity contribution in [3.05, 3.63) is 56.3 Å². The highest BCUT2D eigenvalue weighted by Gasteiger charge is 2.30. The molecule has 0 spiro atoms. The third-order valence-corrected chi connectivity index (χ3v) is 4.30. The Balaban J connectivity index is 2.42. The maximum Gasteiger partial charge on any atom is 0.416 e. The summed E-state index contributed by atoms with van der Waals surface area (Å²) in [7, 11) is 0. The third-order valence-electron chi connectivity index (χ3n) is 3.23. The molecule has 1 aromatic carbocycles. The molecule has 0 radical (unpaired) electrons. The molecule has 2 nitrogen and oxygen atoms in total. The Morgan fingerprint density at radius 1 is 1.24 bits per heavy atom. The fraction of sp³-hybridized carbons (Fsp3) is 0.267. The van der Waals surface area contributed by atoms with Crippen molar-refractivity contribution in [2.45, 2.75) is 26.4 Å². The molecule has 0 fully saturated rings. The van der Waals surface area contributed by atoms with E-state index in [9.17, 15) is 23.1 Å². The van der Waals surface area contributed by atoms with E-state index < -0.39 is 17.7 Å². The number of halogens is 3. The molecule has 0 aliphatic rings. The molecule has 21 heavy (non-hydrogen) atoms. The quantitative estimate of drug-likeness (QED) is 0.893. The number of hydrogen-bond acceptors (Lipinski definition) is 2. The van der Waals surface area contributed by atoms with E-state index in [0.29, 0.717) is 16.0 Å². The van der Waals surface area contributed by atoms with Gasteiger partial charge in [0, 0.05) is 9.75 Å². The first-order chi connectivity index (χ1) is 9.70. The van der Waals surface area contributed by atoms with Gasteiger partial charge in [-0.15, -0.1) is 11.3 Å². The van der Waals surface area contributed by atoms with Crippen LogP contribution in [0, 0.1) is 13.8 Å². The van der Waals surface area contributed by atoms with Gasteiger partial charge in [0.1, 0.15) is 0 Å². The van der Waals surface area contributed by atoms with Crippen molar-refractivity contribution in [2.24, 2.45) is 0 Å². The Morgan fingerprint density at radius 3 is 2.48 bits per heavy atom. The minimum absolute atomic E-state index is 0.182. The molecule has 0 saturated carbocycles. The minimum atomic E-state index is -4.40. The summed E-state index contributed by atoms with van der Waals surface area (Å²) in [5.41, 5.74) is 0.522. The molecular formula is C15H13F3O2S. The summed E-state index contributed by atoms with van der Waals surface area (Å²) in [6.45, 7) is 3.49. The lowest BCUT2D eigenvalue weighted by Gasteiger charge is -2.09. The van der Waals surface area contributed by atoms with Crippen molar-refractivity contribution < 1.29 is 23.1 Å². The molecule has 112 valence electrons. The van der Waals surface area contributed by atoms with Crippen molar-refractivity contribution >= 4 is 17.3 Å². The molecule has 1 heterocycles. The monoisotopic (exact) mass is 314 g/mol. The molecule has 0 atom stereocenters. The number of aromatic carboxylic acids is 1. The van der Waals surface area contributed by atoms with Crippen molar-refractivity contribution in [1.82, 2.24) is 0 Å². The van der Waals surface area contributed by atoms with E-state index >= 15 is 0 Å². The maximum absolute atomic E-state index is 12.7. The van der Waals surface area contributed by atoms with Crippen molar-refractivity contribution in [3.63, 3.8) is 0 Å². The Labute approximate surface area is 123 Å². The van der Waals surface area contributed by atoms with Crippen LogP contribution in [0.4, 0.5) is 13.2 Å². The lowest BCUT2D eigenvalue weighted by molar-refractivity contribution is -0.137. The second-order valence-electron chi connectivity index (χ2n) is 4.75. The van der Waals surface area contributed by atoms with Crippen molar-refractivity contribution in [1.29, 1.82) is 0 Å². The highest BCUT2D eigenvalue weighted by atomic mass is 32.1. The molecule has 1 aromatic heterocycles. The van der Waals surface area contributed by atoms with Crippen molar-refractivity contribution in [3.8, 4) is 0 Å². The molecule has 0 aliphatic heterocycles. The van der Waals surface area contributed by atoms with Gasteiger partial charge in [0.05, 0.1) is 11.1 Å². The molecule has 0 aliphatic carbocycles. The first kappa shape index (κ1) is 15.6. The summed E-state index contributed by atoms with van der Waals surface area (Å²) < 4.78 is 38.1. The molecular weight excluding hydrogens is 301 g/mol. The normalized spacial score (nSPS) is 11.7. The topological polar surface area (TPSA) is 37.3 Å². The van der Waals surface area contributed by atoms with Crippen LogP contribution in [0.15, 0.2) is 24.3 Å². The summed E-state index contributed by atoms with van der Waals surface area (Å²) in [5, 5.41) is 9.25. The maximum atomic E-state index is 12.7. The van der Waals surface area contributed by atoms with E-state index in [2.05, 4.69) is 0 Å². The van der Waals surface area contributed by atoms with E-state index in [0.717, 1.165) is 17.0 Å². The lowest BCUT2D eigenvalue weighted by Crippen LogP contribution is -2.06. The molecule has 0 unspecified atom stereocenters. The largest absolute Gasteiger partial charge is 0.478 e. The summed E-state index contributed by atoms with van der Waals surface area (Å²) in [6.07, 6.45) is -4.22. The molecule has 0 amide bonds. The Morgan fingerprint density at radius 2 is 1.90 bits per heavy atom. The zero-order valence-electron chi connectivity index (χ0n) is 11.4. The number of carboxylic acids is 1. The van der Waals surface area contributed by atoms with Gasteiger partial charge in [-0.25, -0.2) is 4.79 Å². The third kappa shape index (κ3) is 3.26. The van der Waals surface area contributed by atoms with Gasteiger partial charge in [-0.05, 0) is 37.5 Å². The minimum Gasteiger partial charge on any atom is -0.478 e. The number of rotatable bonds is 3. The van der Waals surface area contributed by atoms with Gasteiger partial charge in [-0.1, -0.05) is 18.2 Å². The lowest BCUT2D eigenvalue weighted by atomic mass is 9.99. The van der Waals surface area contributed by atoms with Crippen LogP contribution in [-0.4, -0.2) is 11.1 Å². The van der Waals surface area contributed by atoms with Crippen LogP contribution in [-0.2, 0) is 12.6 Å². The zero-order chi connectivity index (χ0) is 15.8. The van der Waals surface area contributed by atoms with Gasteiger partial charge in [-0.2, -0.15) is 13.2 Å². The number of carbonyl (C=O) groups is 1. The molecule has 2 aromatic rings. The van der Waals surface area contributed by atoms with Crippen LogP contribution in [0.3, 0.4) is 0 Å². The van der Waals surface area contributed by atoms with Gasteiger partial charge < -0.3 is 5.11 Å². The second-order valence-corrected chi connectivity index (χ2v) is 6.18. The van der Waals surface area contributed by atoms with Crippen LogP contribution in [0.25, 0.3) is 0 Å². The highest BCUT2D eigenvalue weighted by Crippen LogP contribution is 2.32. The summed E-state index contributed by atoms with van der Waals surface area (Å²) in [5.74, 6) is -1.04. The predicted molar refractivity (Wildman–Crippen MR) is 75.0 cm³/mol. The summed E-state index contributed by atoms with van der Waals surface area (Å²) in [4.78, 5) is 12.8. The van der Waals surface area contributed by atoms with Crippen molar-refractivity contribution in [2.75, 3.05) is 0 Å². The van der Waals surface area contributed by atoms with Gasteiger partial charge >= 0.3 is 12.1 Å². The first-order valence-electron chi connectivity index (χ1n) is 6.18. The molecule has 2 rings (SSSR count).